The number of anilines is 1. The predicted octanol–water partition coefficient (Wildman–Crippen LogP) is 3.45. The number of rotatable bonds is 4. The average molecular weight is 426 g/mol. The first-order chi connectivity index (χ1) is 14.6. The molecular weight excluding hydrogens is 404 g/mol. The molecule has 1 fully saturated rings. The first-order valence-electron chi connectivity index (χ1n) is 9.94. The maximum Gasteiger partial charge on any atom is 0.210 e. The van der Waals surface area contributed by atoms with Gasteiger partial charge in [0.05, 0.1) is 23.2 Å². The number of benzene rings is 2. The third-order valence-corrected chi connectivity index (χ3v) is 7.32. The summed E-state index contributed by atoms with van der Waals surface area (Å²) in [5, 5.41) is 0.760. The van der Waals surface area contributed by atoms with E-state index >= 15 is 0 Å². The number of hydrogen-bond donors (Lipinski definition) is 0. The van der Waals surface area contributed by atoms with E-state index < -0.39 is 9.84 Å². The highest BCUT2D eigenvalue weighted by molar-refractivity contribution is 7.91. The highest BCUT2D eigenvalue weighted by atomic mass is 32.2. The van der Waals surface area contributed by atoms with Crippen LogP contribution in [0.4, 0.5) is 5.69 Å². The van der Waals surface area contributed by atoms with E-state index in [4.69, 9.17) is 14.2 Å². The normalized spacial score (nSPS) is 16.1. The number of ether oxygens (including phenoxy) is 3. The van der Waals surface area contributed by atoms with Gasteiger partial charge in [-0.1, -0.05) is 0 Å². The van der Waals surface area contributed by atoms with Crippen LogP contribution >= 0.6 is 0 Å². The minimum atomic E-state index is -3.78. The number of sulfone groups is 1. The van der Waals surface area contributed by atoms with Crippen molar-refractivity contribution in [1.29, 1.82) is 0 Å². The van der Waals surface area contributed by atoms with Crippen molar-refractivity contribution < 1.29 is 22.6 Å². The average Bonchev–Trinajstić information content (AvgIpc) is 3.31. The number of hydrogen-bond acceptors (Lipinski definition) is 7. The van der Waals surface area contributed by atoms with E-state index in [2.05, 4.69) is 9.88 Å². The molecule has 156 valence electrons. The van der Waals surface area contributed by atoms with Gasteiger partial charge >= 0.3 is 0 Å². The molecule has 2 aliphatic rings. The molecule has 0 atom stereocenters. The summed E-state index contributed by atoms with van der Waals surface area (Å²) in [6.07, 6.45) is 3.51. The molecule has 0 spiro atoms. The Hall–Kier alpha value is -3.00. The van der Waals surface area contributed by atoms with Gasteiger partial charge in [0, 0.05) is 30.7 Å². The Morgan fingerprint density at radius 3 is 2.33 bits per heavy atom. The highest BCUT2D eigenvalue weighted by Crippen LogP contribution is 2.42. The van der Waals surface area contributed by atoms with E-state index in [0.29, 0.717) is 41.7 Å². The Kier molecular flexibility index (Phi) is 4.66. The van der Waals surface area contributed by atoms with Gasteiger partial charge < -0.3 is 19.1 Å². The summed E-state index contributed by atoms with van der Waals surface area (Å²) in [6.45, 7) is 2.56. The van der Waals surface area contributed by atoms with Crippen LogP contribution in [0.25, 0.3) is 10.9 Å². The number of pyridine rings is 1. The third-order valence-electron chi connectivity index (χ3n) is 5.55. The summed E-state index contributed by atoms with van der Waals surface area (Å²) in [5.74, 6) is 1.86. The second kappa shape index (κ2) is 7.36. The van der Waals surface area contributed by atoms with Crippen LogP contribution in [-0.2, 0) is 9.84 Å². The summed E-state index contributed by atoms with van der Waals surface area (Å²) in [5.41, 5.74) is 1.38. The van der Waals surface area contributed by atoms with Crippen molar-refractivity contribution in [3.05, 3.63) is 42.6 Å². The molecule has 0 bridgehead atoms. The van der Waals surface area contributed by atoms with Crippen LogP contribution in [0.3, 0.4) is 0 Å². The molecule has 1 saturated heterocycles. The second-order valence-electron chi connectivity index (χ2n) is 7.36. The quantitative estimate of drug-likeness (QED) is 0.632. The lowest BCUT2D eigenvalue weighted by Gasteiger charge is -2.25. The molecular formula is C22H22N2O5S. The molecule has 3 aromatic rings. The van der Waals surface area contributed by atoms with Crippen LogP contribution in [0.5, 0.6) is 17.2 Å². The van der Waals surface area contributed by atoms with E-state index in [1.807, 2.05) is 12.1 Å². The monoisotopic (exact) mass is 426 g/mol. The van der Waals surface area contributed by atoms with E-state index in [0.717, 1.165) is 31.3 Å². The Morgan fingerprint density at radius 1 is 1.00 bits per heavy atom. The van der Waals surface area contributed by atoms with Gasteiger partial charge in [0.1, 0.15) is 23.9 Å². The van der Waals surface area contributed by atoms with Gasteiger partial charge in [0.2, 0.25) is 9.84 Å². The molecule has 0 N–H and O–H groups in total. The van der Waals surface area contributed by atoms with Crippen LogP contribution in [0.1, 0.15) is 12.8 Å². The predicted molar refractivity (Wildman–Crippen MR) is 113 cm³/mol. The molecule has 5 rings (SSSR count). The van der Waals surface area contributed by atoms with Crippen molar-refractivity contribution in [2.24, 2.45) is 0 Å². The van der Waals surface area contributed by atoms with Crippen molar-refractivity contribution in [3.63, 3.8) is 0 Å². The van der Waals surface area contributed by atoms with Gasteiger partial charge in [0.15, 0.2) is 11.5 Å². The maximum atomic E-state index is 13.6. The van der Waals surface area contributed by atoms with Gasteiger partial charge in [-0.05, 0) is 43.2 Å². The summed E-state index contributed by atoms with van der Waals surface area (Å²) in [7, 11) is -2.23. The van der Waals surface area contributed by atoms with Crippen LogP contribution < -0.4 is 19.1 Å². The van der Waals surface area contributed by atoms with Gasteiger partial charge in [0.25, 0.3) is 0 Å². The number of aromatic nitrogens is 1. The standard InChI is InChI=1S/C22H22N2O5S/c1-27-15-4-6-16(7-5-15)30(25,26)21-14-23-18-13-20-19(28-10-11-29-20)12-17(18)22(21)24-8-2-3-9-24/h4-7,12-14H,2-3,8-11H2,1H3. The molecule has 3 heterocycles. The molecule has 2 aliphatic heterocycles. The fourth-order valence-corrected chi connectivity index (χ4v) is 5.48. The lowest BCUT2D eigenvalue weighted by atomic mass is 10.1. The summed E-state index contributed by atoms with van der Waals surface area (Å²) in [6, 6.07) is 10.1. The van der Waals surface area contributed by atoms with Crippen LogP contribution in [0.15, 0.2) is 52.4 Å². The van der Waals surface area contributed by atoms with E-state index in [1.54, 1.807) is 31.4 Å². The molecule has 0 unspecified atom stereocenters. The third kappa shape index (κ3) is 3.11. The first-order valence-corrected chi connectivity index (χ1v) is 11.4. The van der Waals surface area contributed by atoms with Crippen molar-refractivity contribution >= 4 is 26.4 Å². The summed E-state index contributed by atoms with van der Waals surface area (Å²) < 4.78 is 43.7. The molecule has 0 aliphatic carbocycles. The van der Waals surface area contributed by atoms with Gasteiger partial charge in [-0.3, -0.25) is 4.98 Å². The Morgan fingerprint density at radius 2 is 1.67 bits per heavy atom. The molecule has 30 heavy (non-hydrogen) atoms. The van der Waals surface area contributed by atoms with Crippen molar-refractivity contribution in [3.8, 4) is 17.2 Å². The Labute approximate surface area is 175 Å². The van der Waals surface area contributed by atoms with Crippen LogP contribution in [0.2, 0.25) is 0 Å². The molecule has 0 radical (unpaired) electrons. The van der Waals surface area contributed by atoms with Crippen molar-refractivity contribution in [1.82, 2.24) is 4.98 Å². The van der Waals surface area contributed by atoms with Crippen LogP contribution in [-0.4, -0.2) is 46.8 Å². The van der Waals surface area contributed by atoms with Crippen molar-refractivity contribution in [2.75, 3.05) is 38.3 Å². The fourth-order valence-electron chi connectivity index (χ4n) is 4.04. The topological polar surface area (TPSA) is 78.0 Å². The SMILES string of the molecule is COc1ccc(S(=O)(=O)c2cnc3cc4c(cc3c2N2CCCC2)OCCO4)cc1. The molecule has 0 amide bonds. The minimum absolute atomic E-state index is 0.207. The zero-order valence-electron chi connectivity index (χ0n) is 16.6. The van der Waals surface area contributed by atoms with E-state index in [1.165, 1.54) is 6.20 Å². The number of nitrogens with zero attached hydrogens (tertiary/aromatic N) is 2. The van der Waals surface area contributed by atoms with Gasteiger partial charge in [-0.15, -0.1) is 0 Å². The van der Waals surface area contributed by atoms with Crippen LogP contribution in [0, 0.1) is 0 Å². The maximum absolute atomic E-state index is 13.6. The number of fused-ring (bicyclic) bond motifs is 2. The Balaban J connectivity index is 1.73. The van der Waals surface area contributed by atoms with E-state index in [-0.39, 0.29) is 9.79 Å². The highest BCUT2D eigenvalue weighted by Gasteiger charge is 2.29. The second-order valence-corrected chi connectivity index (χ2v) is 9.28. The minimum Gasteiger partial charge on any atom is -0.497 e. The van der Waals surface area contributed by atoms with Gasteiger partial charge in [-0.25, -0.2) is 8.42 Å². The molecule has 2 aromatic carbocycles. The van der Waals surface area contributed by atoms with Crippen molar-refractivity contribution in [2.45, 2.75) is 22.6 Å². The lowest BCUT2D eigenvalue weighted by Crippen LogP contribution is -2.22. The molecule has 8 heteroatoms. The lowest BCUT2D eigenvalue weighted by molar-refractivity contribution is 0.172. The summed E-state index contributed by atoms with van der Waals surface area (Å²) >= 11 is 0. The first kappa shape index (κ1) is 19.0. The largest absolute Gasteiger partial charge is 0.497 e. The Bertz CT molecular complexity index is 1200. The smallest absolute Gasteiger partial charge is 0.210 e. The zero-order valence-corrected chi connectivity index (χ0v) is 17.4. The molecule has 0 saturated carbocycles. The summed E-state index contributed by atoms with van der Waals surface area (Å²) in [4.78, 5) is 7.03. The fraction of sp³-hybridized carbons (Fsp3) is 0.318. The molecule has 7 nitrogen and oxygen atoms in total. The van der Waals surface area contributed by atoms with Gasteiger partial charge in [-0.2, -0.15) is 0 Å². The zero-order chi connectivity index (χ0) is 20.7. The molecule has 1 aromatic heterocycles. The number of methoxy groups -OCH3 is 1. The van der Waals surface area contributed by atoms with E-state index in [9.17, 15) is 8.42 Å².